The van der Waals surface area contributed by atoms with E-state index in [-0.39, 0.29) is 6.61 Å². The fourth-order valence-corrected chi connectivity index (χ4v) is 4.49. The van der Waals surface area contributed by atoms with Crippen LogP contribution < -0.4 is 10.6 Å². The van der Waals surface area contributed by atoms with Gasteiger partial charge in [0.1, 0.15) is 0 Å². The van der Waals surface area contributed by atoms with E-state index in [1.54, 1.807) is 31.2 Å². The van der Waals surface area contributed by atoms with E-state index in [1.165, 1.54) is 23.1 Å². The number of fused-ring (bicyclic) bond motifs is 1. The number of esters is 1. The highest BCUT2D eigenvalue weighted by Crippen LogP contribution is 2.28. The molecule has 2 aromatic carbocycles. The quantitative estimate of drug-likeness (QED) is 0.219. The van der Waals surface area contributed by atoms with Crippen molar-refractivity contribution in [3.63, 3.8) is 0 Å². The molecule has 0 aliphatic heterocycles. The van der Waals surface area contributed by atoms with Crippen LogP contribution in [-0.4, -0.2) is 33.8 Å². The third kappa shape index (κ3) is 5.59. The molecule has 2 N–H and O–H groups in total. The van der Waals surface area contributed by atoms with Gasteiger partial charge in [-0.25, -0.2) is 9.59 Å². The first kappa shape index (κ1) is 21.7. The van der Waals surface area contributed by atoms with E-state index in [2.05, 4.69) is 25.8 Å². The van der Waals surface area contributed by atoms with Crippen molar-refractivity contribution in [1.82, 2.24) is 15.2 Å². The number of thioether (sulfide) groups is 1. The number of anilines is 2. The molecule has 0 atom stereocenters. The number of para-hydroxylation sites is 1. The lowest BCUT2D eigenvalue weighted by atomic mass is 10.2. The zero-order valence-electron chi connectivity index (χ0n) is 17.1. The van der Waals surface area contributed by atoms with Crippen molar-refractivity contribution in [1.29, 1.82) is 0 Å². The Kier molecular flexibility index (Phi) is 6.93. The molecule has 0 fully saturated rings. The van der Waals surface area contributed by atoms with E-state index in [9.17, 15) is 9.59 Å². The third-order valence-electron chi connectivity index (χ3n) is 4.26. The molecule has 2 amide bonds. The monoisotopic (exact) mass is 465 g/mol. The highest BCUT2D eigenvalue weighted by molar-refractivity contribution is 8.00. The molecule has 2 aromatic heterocycles. The van der Waals surface area contributed by atoms with Gasteiger partial charge in [-0.3, -0.25) is 10.3 Å². The lowest BCUT2D eigenvalue weighted by Gasteiger charge is -2.07. The van der Waals surface area contributed by atoms with Gasteiger partial charge < -0.3 is 10.1 Å². The maximum atomic E-state index is 12.3. The number of nitrogens with one attached hydrogen (secondary N) is 2. The summed E-state index contributed by atoms with van der Waals surface area (Å²) in [5, 5.41) is 14.9. The Balaban J connectivity index is 1.32. The van der Waals surface area contributed by atoms with Crippen molar-refractivity contribution in [2.75, 3.05) is 17.2 Å². The summed E-state index contributed by atoms with van der Waals surface area (Å²) in [7, 11) is 0. The minimum Gasteiger partial charge on any atom is -0.462 e. The number of rotatable bonds is 7. The Morgan fingerprint density at radius 2 is 1.91 bits per heavy atom. The van der Waals surface area contributed by atoms with Crippen molar-refractivity contribution >= 4 is 56.8 Å². The van der Waals surface area contributed by atoms with Crippen molar-refractivity contribution < 1.29 is 14.3 Å². The third-order valence-corrected chi connectivity index (χ3v) is 6.26. The summed E-state index contributed by atoms with van der Waals surface area (Å²) in [6.45, 7) is 2.02. The van der Waals surface area contributed by atoms with Gasteiger partial charge in [0.2, 0.25) is 5.13 Å². The molecule has 8 nitrogen and oxygen atoms in total. The fraction of sp³-hybridized carbons (Fsp3) is 0.136. The molecule has 162 valence electrons. The average Bonchev–Trinajstić information content (AvgIpc) is 3.25. The molecule has 0 radical (unpaired) electrons. The number of hydrogen-bond donors (Lipinski definition) is 2. The van der Waals surface area contributed by atoms with Gasteiger partial charge >= 0.3 is 12.0 Å². The van der Waals surface area contributed by atoms with Crippen LogP contribution >= 0.6 is 23.1 Å². The normalized spacial score (nSPS) is 10.7. The summed E-state index contributed by atoms with van der Waals surface area (Å²) in [4.78, 5) is 28.8. The van der Waals surface area contributed by atoms with Gasteiger partial charge in [-0.05, 0) is 37.3 Å². The zero-order chi connectivity index (χ0) is 22.3. The number of hydrogen-bond acceptors (Lipinski definition) is 8. The summed E-state index contributed by atoms with van der Waals surface area (Å²) in [6.07, 6.45) is 0. The number of nitrogens with zero attached hydrogens (tertiary/aromatic N) is 3. The second-order valence-corrected chi connectivity index (χ2v) is 8.74. The van der Waals surface area contributed by atoms with Crippen LogP contribution in [0.15, 0.2) is 65.0 Å². The van der Waals surface area contributed by atoms with Crippen LogP contribution in [0.2, 0.25) is 0 Å². The number of carbonyl (C=O) groups is 2. The molecule has 2 heterocycles. The van der Waals surface area contributed by atoms with Gasteiger partial charge in [-0.2, -0.15) is 0 Å². The number of urea groups is 1. The van der Waals surface area contributed by atoms with Crippen LogP contribution in [0.4, 0.5) is 15.6 Å². The Labute approximate surface area is 192 Å². The minimum atomic E-state index is -0.477. The summed E-state index contributed by atoms with van der Waals surface area (Å²) >= 11 is 2.78. The van der Waals surface area contributed by atoms with Crippen LogP contribution in [0.25, 0.3) is 10.9 Å². The van der Waals surface area contributed by atoms with E-state index in [0.717, 1.165) is 20.9 Å². The molecule has 4 aromatic rings. The summed E-state index contributed by atoms with van der Waals surface area (Å²) in [5.41, 5.74) is 2.72. The topological polar surface area (TPSA) is 106 Å². The van der Waals surface area contributed by atoms with E-state index < -0.39 is 12.0 Å². The largest absolute Gasteiger partial charge is 0.462 e. The average molecular weight is 466 g/mol. The van der Waals surface area contributed by atoms with Gasteiger partial charge in [-0.15, -0.1) is 10.2 Å². The first-order chi connectivity index (χ1) is 15.6. The van der Waals surface area contributed by atoms with Crippen LogP contribution in [0.5, 0.6) is 0 Å². The lowest BCUT2D eigenvalue weighted by Crippen LogP contribution is -2.19. The summed E-state index contributed by atoms with van der Waals surface area (Å²) in [6, 6.07) is 18.1. The van der Waals surface area contributed by atoms with Gasteiger partial charge in [0.25, 0.3) is 0 Å². The smallest absolute Gasteiger partial charge is 0.338 e. The first-order valence-corrected chi connectivity index (χ1v) is 11.6. The second kappa shape index (κ2) is 10.2. The van der Waals surface area contributed by atoms with E-state index in [4.69, 9.17) is 4.74 Å². The fourth-order valence-electron chi connectivity index (χ4n) is 2.84. The molecule has 10 heteroatoms. The zero-order valence-corrected chi connectivity index (χ0v) is 18.7. The van der Waals surface area contributed by atoms with Crippen molar-refractivity contribution in [3.8, 4) is 0 Å². The Morgan fingerprint density at radius 3 is 2.78 bits per heavy atom. The molecular formula is C22H19N5O3S2. The van der Waals surface area contributed by atoms with Crippen LogP contribution in [0.3, 0.4) is 0 Å². The molecule has 0 bridgehead atoms. The molecule has 0 aliphatic rings. The Hall–Kier alpha value is -3.50. The number of aromatic nitrogens is 3. The highest BCUT2D eigenvalue weighted by Gasteiger charge is 2.11. The first-order valence-electron chi connectivity index (χ1n) is 9.77. The number of carbonyl (C=O) groups excluding carboxylic acids is 2. The molecular weight excluding hydrogens is 446 g/mol. The summed E-state index contributed by atoms with van der Waals surface area (Å²) in [5.74, 6) is 0.204. The molecule has 0 unspecified atom stereocenters. The van der Waals surface area contributed by atoms with Gasteiger partial charge in [-0.1, -0.05) is 53.4 Å². The maximum Gasteiger partial charge on any atom is 0.338 e. The van der Waals surface area contributed by atoms with Crippen molar-refractivity contribution in [2.24, 2.45) is 0 Å². The van der Waals surface area contributed by atoms with Gasteiger partial charge in [0, 0.05) is 16.8 Å². The molecule has 4 rings (SSSR count). The Bertz CT molecular complexity index is 1260. The molecule has 0 saturated carbocycles. The maximum absolute atomic E-state index is 12.3. The SMILES string of the molecule is CCOC(=O)c1cccc(NC(=O)Nc2nnc(SCc3ccc4ccccc4n3)s2)c1. The second-order valence-electron chi connectivity index (χ2n) is 6.54. The summed E-state index contributed by atoms with van der Waals surface area (Å²) < 4.78 is 5.69. The molecule has 0 saturated heterocycles. The Morgan fingerprint density at radius 1 is 1.03 bits per heavy atom. The lowest BCUT2D eigenvalue weighted by molar-refractivity contribution is 0.0526. The molecule has 0 aliphatic carbocycles. The van der Waals surface area contributed by atoms with E-state index >= 15 is 0 Å². The number of benzene rings is 2. The van der Waals surface area contributed by atoms with E-state index in [1.807, 2.05) is 36.4 Å². The highest BCUT2D eigenvalue weighted by atomic mass is 32.2. The van der Waals surface area contributed by atoms with Gasteiger partial charge in [0.05, 0.1) is 23.4 Å². The number of ether oxygens (including phenoxy) is 1. The van der Waals surface area contributed by atoms with Crippen LogP contribution in [-0.2, 0) is 10.5 Å². The minimum absolute atomic E-state index is 0.283. The number of pyridine rings is 1. The molecule has 32 heavy (non-hydrogen) atoms. The van der Waals surface area contributed by atoms with Crippen LogP contribution in [0.1, 0.15) is 23.0 Å². The van der Waals surface area contributed by atoms with Gasteiger partial charge in [0.15, 0.2) is 4.34 Å². The standard InChI is InChI=1S/C22H19N5O3S2/c1-2-30-19(28)15-7-5-8-16(12-15)24-20(29)25-21-26-27-22(32-21)31-13-17-11-10-14-6-3-4-9-18(14)23-17/h3-12H,2,13H2,1H3,(H2,24,25,26,29). The van der Waals surface area contributed by atoms with Crippen LogP contribution in [0, 0.1) is 0 Å². The molecule has 0 spiro atoms. The van der Waals surface area contributed by atoms with Crippen molar-refractivity contribution in [2.45, 2.75) is 17.0 Å². The predicted octanol–water partition coefficient (Wildman–Crippen LogP) is 5.20. The van der Waals surface area contributed by atoms with Crippen molar-refractivity contribution in [3.05, 3.63) is 71.9 Å². The predicted molar refractivity (Wildman–Crippen MR) is 126 cm³/mol. The van der Waals surface area contributed by atoms with E-state index in [0.29, 0.717) is 22.1 Å². The number of amides is 2.